The molecular formula is C15H19NO4. The number of aromatic nitrogens is 1. The van der Waals surface area contributed by atoms with E-state index in [0.717, 1.165) is 11.8 Å². The van der Waals surface area contributed by atoms with E-state index in [4.69, 9.17) is 14.2 Å². The molecule has 0 N–H and O–H groups in total. The SMILES string of the molecule is COCCCn1ccc2c(OC)c(OC)ccc2c1=O. The van der Waals surface area contributed by atoms with Gasteiger partial charge in [0.15, 0.2) is 11.5 Å². The van der Waals surface area contributed by atoms with Crippen LogP contribution in [-0.2, 0) is 11.3 Å². The predicted octanol–water partition coefficient (Wildman–Crippen LogP) is 2.06. The van der Waals surface area contributed by atoms with Gasteiger partial charge >= 0.3 is 0 Å². The highest BCUT2D eigenvalue weighted by molar-refractivity contribution is 5.90. The van der Waals surface area contributed by atoms with Crippen LogP contribution in [0.15, 0.2) is 29.2 Å². The number of aryl methyl sites for hydroxylation is 1. The van der Waals surface area contributed by atoms with Crippen LogP contribution in [0.1, 0.15) is 6.42 Å². The van der Waals surface area contributed by atoms with Crippen molar-refractivity contribution in [2.45, 2.75) is 13.0 Å². The first kappa shape index (κ1) is 14.4. The summed E-state index contributed by atoms with van der Waals surface area (Å²) in [5, 5.41) is 1.39. The Labute approximate surface area is 117 Å². The lowest BCUT2D eigenvalue weighted by molar-refractivity contribution is 0.190. The molecule has 0 unspecified atom stereocenters. The number of rotatable bonds is 6. The zero-order valence-electron chi connectivity index (χ0n) is 12.0. The molecule has 20 heavy (non-hydrogen) atoms. The molecule has 0 saturated carbocycles. The second-order valence-corrected chi connectivity index (χ2v) is 4.42. The molecule has 1 heterocycles. The zero-order chi connectivity index (χ0) is 14.5. The Morgan fingerprint density at radius 3 is 2.50 bits per heavy atom. The maximum absolute atomic E-state index is 12.4. The van der Waals surface area contributed by atoms with E-state index < -0.39 is 0 Å². The summed E-state index contributed by atoms with van der Waals surface area (Å²) in [6, 6.07) is 5.40. The van der Waals surface area contributed by atoms with Gasteiger partial charge in [0.05, 0.1) is 19.6 Å². The fraction of sp³-hybridized carbons (Fsp3) is 0.400. The van der Waals surface area contributed by atoms with Crippen LogP contribution < -0.4 is 15.0 Å². The van der Waals surface area contributed by atoms with Gasteiger partial charge in [0.25, 0.3) is 5.56 Å². The van der Waals surface area contributed by atoms with E-state index in [1.807, 2.05) is 6.07 Å². The van der Waals surface area contributed by atoms with Gasteiger partial charge in [-0.3, -0.25) is 4.79 Å². The molecule has 0 aliphatic carbocycles. The summed E-state index contributed by atoms with van der Waals surface area (Å²) >= 11 is 0. The average molecular weight is 277 g/mol. The molecular weight excluding hydrogens is 258 g/mol. The lowest BCUT2D eigenvalue weighted by atomic mass is 10.1. The van der Waals surface area contributed by atoms with E-state index in [0.29, 0.717) is 30.0 Å². The first-order valence-corrected chi connectivity index (χ1v) is 6.46. The third-order valence-corrected chi connectivity index (χ3v) is 3.24. The largest absolute Gasteiger partial charge is 0.493 e. The van der Waals surface area contributed by atoms with Crippen LogP contribution in [0.2, 0.25) is 0 Å². The monoisotopic (exact) mass is 277 g/mol. The molecule has 5 heteroatoms. The number of hydrogen-bond acceptors (Lipinski definition) is 4. The Balaban J connectivity index is 2.49. The van der Waals surface area contributed by atoms with E-state index in [9.17, 15) is 4.79 Å². The van der Waals surface area contributed by atoms with Crippen LogP contribution in [-0.4, -0.2) is 32.5 Å². The highest BCUT2D eigenvalue weighted by atomic mass is 16.5. The Morgan fingerprint density at radius 1 is 1.05 bits per heavy atom. The standard InChI is InChI=1S/C15H19NO4/c1-18-10-4-8-16-9-7-11-12(15(16)17)5-6-13(19-2)14(11)20-3/h5-7,9H,4,8,10H2,1-3H3. The van der Waals surface area contributed by atoms with Gasteiger partial charge in [-0.25, -0.2) is 0 Å². The average Bonchev–Trinajstić information content (AvgIpc) is 2.48. The second kappa shape index (κ2) is 6.43. The molecule has 0 saturated heterocycles. The van der Waals surface area contributed by atoms with Crippen molar-refractivity contribution in [3.05, 3.63) is 34.7 Å². The number of nitrogens with zero attached hydrogens (tertiary/aromatic N) is 1. The van der Waals surface area contributed by atoms with Crippen molar-refractivity contribution in [1.29, 1.82) is 0 Å². The summed E-state index contributed by atoms with van der Waals surface area (Å²) in [5.74, 6) is 1.21. The summed E-state index contributed by atoms with van der Waals surface area (Å²) in [7, 11) is 4.80. The fourth-order valence-electron chi connectivity index (χ4n) is 2.25. The van der Waals surface area contributed by atoms with Gasteiger partial charge in [0.2, 0.25) is 0 Å². The molecule has 0 amide bonds. The van der Waals surface area contributed by atoms with Crippen molar-refractivity contribution >= 4 is 10.8 Å². The molecule has 1 aromatic carbocycles. The Bertz CT molecular complexity index is 648. The molecule has 0 fully saturated rings. The fourth-order valence-corrected chi connectivity index (χ4v) is 2.25. The van der Waals surface area contributed by atoms with Crippen molar-refractivity contribution in [1.82, 2.24) is 4.57 Å². The number of pyridine rings is 1. The molecule has 0 atom stereocenters. The minimum atomic E-state index is -0.0282. The number of fused-ring (bicyclic) bond motifs is 1. The second-order valence-electron chi connectivity index (χ2n) is 4.42. The highest BCUT2D eigenvalue weighted by Gasteiger charge is 2.11. The Hall–Kier alpha value is -2.01. The topological polar surface area (TPSA) is 49.7 Å². The smallest absolute Gasteiger partial charge is 0.258 e. The number of ether oxygens (including phenoxy) is 3. The minimum Gasteiger partial charge on any atom is -0.493 e. The lowest BCUT2D eigenvalue weighted by Crippen LogP contribution is -2.20. The molecule has 0 aliphatic rings. The van der Waals surface area contributed by atoms with Crippen molar-refractivity contribution in [2.24, 2.45) is 0 Å². The summed E-state index contributed by atoms with van der Waals surface area (Å²) in [4.78, 5) is 12.4. The maximum atomic E-state index is 12.4. The Kier molecular flexibility index (Phi) is 4.63. The molecule has 5 nitrogen and oxygen atoms in total. The minimum absolute atomic E-state index is 0.0282. The summed E-state index contributed by atoms with van der Waals surface area (Å²) in [6.07, 6.45) is 2.58. The molecule has 0 aliphatic heterocycles. The molecule has 2 aromatic rings. The van der Waals surface area contributed by atoms with Crippen LogP contribution in [0, 0.1) is 0 Å². The van der Waals surface area contributed by atoms with Gasteiger partial charge in [-0.15, -0.1) is 0 Å². The Morgan fingerprint density at radius 2 is 1.85 bits per heavy atom. The first-order chi connectivity index (χ1) is 9.72. The van der Waals surface area contributed by atoms with E-state index in [1.54, 1.807) is 44.2 Å². The quantitative estimate of drug-likeness (QED) is 0.758. The predicted molar refractivity (Wildman–Crippen MR) is 77.8 cm³/mol. The van der Waals surface area contributed by atoms with Crippen LogP contribution >= 0.6 is 0 Å². The molecule has 108 valence electrons. The molecule has 1 aromatic heterocycles. The normalized spacial score (nSPS) is 10.8. The van der Waals surface area contributed by atoms with Gasteiger partial charge in [0, 0.05) is 31.8 Å². The van der Waals surface area contributed by atoms with Crippen LogP contribution in [0.3, 0.4) is 0 Å². The maximum Gasteiger partial charge on any atom is 0.258 e. The van der Waals surface area contributed by atoms with Crippen LogP contribution in [0.25, 0.3) is 10.8 Å². The molecule has 0 bridgehead atoms. The lowest BCUT2D eigenvalue weighted by Gasteiger charge is -2.12. The summed E-state index contributed by atoms with van der Waals surface area (Å²) in [5.41, 5.74) is -0.0282. The third-order valence-electron chi connectivity index (χ3n) is 3.24. The van der Waals surface area contributed by atoms with Gasteiger partial charge < -0.3 is 18.8 Å². The van der Waals surface area contributed by atoms with Gasteiger partial charge in [-0.2, -0.15) is 0 Å². The zero-order valence-corrected chi connectivity index (χ0v) is 12.0. The molecule has 2 rings (SSSR count). The van der Waals surface area contributed by atoms with Crippen molar-refractivity contribution in [3.8, 4) is 11.5 Å². The third kappa shape index (κ3) is 2.63. The van der Waals surface area contributed by atoms with Crippen molar-refractivity contribution in [2.75, 3.05) is 27.9 Å². The van der Waals surface area contributed by atoms with Crippen molar-refractivity contribution in [3.63, 3.8) is 0 Å². The number of methoxy groups -OCH3 is 3. The van der Waals surface area contributed by atoms with E-state index in [-0.39, 0.29) is 5.56 Å². The first-order valence-electron chi connectivity index (χ1n) is 6.46. The van der Waals surface area contributed by atoms with Crippen molar-refractivity contribution < 1.29 is 14.2 Å². The number of hydrogen-bond donors (Lipinski definition) is 0. The van der Waals surface area contributed by atoms with E-state index >= 15 is 0 Å². The van der Waals surface area contributed by atoms with Crippen LogP contribution in [0.4, 0.5) is 0 Å². The summed E-state index contributed by atoms with van der Waals surface area (Å²) < 4.78 is 17.3. The van der Waals surface area contributed by atoms with Crippen LogP contribution in [0.5, 0.6) is 11.5 Å². The molecule has 0 radical (unpaired) electrons. The molecule has 0 spiro atoms. The highest BCUT2D eigenvalue weighted by Crippen LogP contribution is 2.33. The van der Waals surface area contributed by atoms with Gasteiger partial charge in [0.1, 0.15) is 0 Å². The summed E-state index contributed by atoms with van der Waals surface area (Å²) in [6.45, 7) is 1.27. The van der Waals surface area contributed by atoms with E-state index in [1.165, 1.54) is 0 Å². The van der Waals surface area contributed by atoms with E-state index in [2.05, 4.69) is 0 Å². The van der Waals surface area contributed by atoms with Gasteiger partial charge in [-0.05, 0) is 24.6 Å². The number of benzene rings is 1. The van der Waals surface area contributed by atoms with Gasteiger partial charge in [-0.1, -0.05) is 0 Å².